The molecular formula is C19H21NO3. The lowest BCUT2D eigenvalue weighted by atomic mass is 10.1. The van der Waals surface area contributed by atoms with Gasteiger partial charge in [-0.3, -0.25) is 4.79 Å². The van der Waals surface area contributed by atoms with Gasteiger partial charge in [0, 0.05) is 18.7 Å². The summed E-state index contributed by atoms with van der Waals surface area (Å²) in [6, 6.07) is 17.2. The fraction of sp³-hybridized carbons (Fsp3) is 0.316. The third-order valence-corrected chi connectivity index (χ3v) is 4.10. The molecule has 4 nitrogen and oxygen atoms in total. The van der Waals surface area contributed by atoms with E-state index in [1.165, 1.54) is 0 Å². The Labute approximate surface area is 136 Å². The van der Waals surface area contributed by atoms with Crippen LogP contribution in [0.5, 0.6) is 5.75 Å². The molecule has 0 saturated carbocycles. The number of aliphatic hydroxyl groups is 1. The number of rotatable bonds is 4. The van der Waals surface area contributed by atoms with E-state index in [0.717, 1.165) is 11.3 Å². The van der Waals surface area contributed by atoms with Crippen LogP contribution in [-0.2, 0) is 6.61 Å². The molecule has 0 unspecified atom stereocenters. The van der Waals surface area contributed by atoms with Crippen molar-refractivity contribution in [3.8, 4) is 5.75 Å². The summed E-state index contributed by atoms with van der Waals surface area (Å²) in [5.74, 6) is 0.769. The molecule has 0 atom stereocenters. The van der Waals surface area contributed by atoms with E-state index in [-0.39, 0.29) is 12.0 Å². The average molecular weight is 311 g/mol. The smallest absolute Gasteiger partial charge is 0.253 e. The van der Waals surface area contributed by atoms with Crippen LogP contribution in [0.3, 0.4) is 0 Å². The molecule has 1 amide bonds. The van der Waals surface area contributed by atoms with E-state index in [9.17, 15) is 9.90 Å². The second-order valence-electron chi connectivity index (χ2n) is 5.82. The zero-order chi connectivity index (χ0) is 16.1. The van der Waals surface area contributed by atoms with Crippen molar-refractivity contribution in [1.82, 2.24) is 4.90 Å². The Hall–Kier alpha value is -2.33. The molecule has 120 valence electrons. The van der Waals surface area contributed by atoms with E-state index in [4.69, 9.17) is 4.74 Å². The number of likely N-dealkylation sites (tertiary alicyclic amines) is 1. The number of aliphatic hydroxyl groups excluding tert-OH is 1. The van der Waals surface area contributed by atoms with E-state index in [0.29, 0.717) is 38.1 Å². The van der Waals surface area contributed by atoms with Crippen LogP contribution in [0.15, 0.2) is 54.6 Å². The van der Waals surface area contributed by atoms with E-state index in [1.807, 2.05) is 42.5 Å². The molecule has 3 rings (SSSR count). The molecule has 1 aliphatic rings. The summed E-state index contributed by atoms with van der Waals surface area (Å²) in [5, 5.41) is 9.51. The number of nitrogens with zero attached hydrogens (tertiary/aromatic N) is 1. The highest BCUT2D eigenvalue weighted by Gasteiger charge is 2.22. The Morgan fingerprint density at radius 1 is 1.04 bits per heavy atom. The fourth-order valence-electron chi connectivity index (χ4n) is 2.69. The maximum Gasteiger partial charge on any atom is 0.253 e. The van der Waals surface area contributed by atoms with Crippen LogP contribution >= 0.6 is 0 Å². The first-order valence-electron chi connectivity index (χ1n) is 7.96. The molecule has 0 spiro atoms. The van der Waals surface area contributed by atoms with Gasteiger partial charge in [-0.2, -0.15) is 0 Å². The predicted molar refractivity (Wildman–Crippen MR) is 88.4 cm³/mol. The van der Waals surface area contributed by atoms with Gasteiger partial charge < -0.3 is 14.7 Å². The SMILES string of the molecule is O=C(c1ccc(OCc2ccccc2)cc1)N1CCC(O)CC1. The molecule has 1 N–H and O–H groups in total. The van der Waals surface area contributed by atoms with Crippen LogP contribution in [0.25, 0.3) is 0 Å². The van der Waals surface area contributed by atoms with Crippen molar-refractivity contribution >= 4 is 5.91 Å². The largest absolute Gasteiger partial charge is 0.489 e. The van der Waals surface area contributed by atoms with Crippen molar-refractivity contribution in [2.75, 3.05) is 13.1 Å². The standard InChI is InChI=1S/C19H21NO3/c21-17-10-12-20(13-11-17)19(22)16-6-8-18(9-7-16)23-14-15-4-2-1-3-5-15/h1-9,17,21H,10-14H2. The number of benzene rings is 2. The van der Waals surface area contributed by atoms with Crippen LogP contribution in [0.1, 0.15) is 28.8 Å². The Kier molecular flexibility index (Phi) is 4.93. The lowest BCUT2D eigenvalue weighted by molar-refractivity contribution is 0.0546. The first kappa shape index (κ1) is 15.6. The number of hydrogen-bond donors (Lipinski definition) is 1. The predicted octanol–water partition coefficient (Wildman–Crippen LogP) is 2.86. The average Bonchev–Trinajstić information content (AvgIpc) is 2.61. The van der Waals surface area contributed by atoms with Gasteiger partial charge in [0.1, 0.15) is 12.4 Å². The summed E-state index contributed by atoms with van der Waals surface area (Å²) < 4.78 is 5.73. The number of ether oxygens (including phenoxy) is 1. The Bertz CT molecular complexity index is 631. The maximum atomic E-state index is 12.4. The number of carbonyl (C=O) groups is 1. The Balaban J connectivity index is 1.57. The van der Waals surface area contributed by atoms with Crippen LogP contribution in [0.4, 0.5) is 0 Å². The minimum absolute atomic E-state index is 0.0199. The quantitative estimate of drug-likeness (QED) is 0.944. The highest BCUT2D eigenvalue weighted by atomic mass is 16.5. The minimum Gasteiger partial charge on any atom is -0.489 e. The number of amides is 1. The van der Waals surface area contributed by atoms with E-state index >= 15 is 0 Å². The molecular weight excluding hydrogens is 290 g/mol. The molecule has 1 saturated heterocycles. The van der Waals surface area contributed by atoms with Gasteiger partial charge in [-0.05, 0) is 42.7 Å². The van der Waals surface area contributed by atoms with Crippen molar-refractivity contribution < 1.29 is 14.6 Å². The van der Waals surface area contributed by atoms with Crippen molar-refractivity contribution in [3.63, 3.8) is 0 Å². The zero-order valence-electron chi connectivity index (χ0n) is 13.0. The fourth-order valence-corrected chi connectivity index (χ4v) is 2.69. The van der Waals surface area contributed by atoms with Crippen LogP contribution < -0.4 is 4.74 Å². The van der Waals surface area contributed by atoms with Crippen molar-refractivity contribution in [3.05, 3.63) is 65.7 Å². The minimum atomic E-state index is -0.271. The molecule has 0 bridgehead atoms. The topological polar surface area (TPSA) is 49.8 Å². The van der Waals surface area contributed by atoms with Gasteiger partial charge in [-0.1, -0.05) is 30.3 Å². The second kappa shape index (κ2) is 7.29. The molecule has 23 heavy (non-hydrogen) atoms. The second-order valence-corrected chi connectivity index (χ2v) is 5.82. The molecule has 2 aromatic carbocycles. The summed E-state index contributed by atoms with van der Waals surface area (Å²) in [4.78, 5) is 14.2. The summed E-state index contributed by atoms with van der Waals surface area (Å²) in [6.45, 7) is 1.75. The summed E-state index contributed by atoms with van der Waals surface area (Å²) in [7, 11) is 0. The van der Waals surface area contributed by atoms with Crippen molar-refractivity contribution in [2.45, 2.75) is 25.6 Å². The van der Waals surface area contributed by atoms with Gasteiger partial charge in [-0.15, -0.1) is 0 Å². The van der Waals surface area contributed by atoms with Gasteiger partial charge in [0.05, 0.1) is 6.10 Å². The Morgan fingerprint density at radius 3 is 2.35 bits per heavy atom. The lowest BCUT2D eigenvalue weighted by Crippen LogP contribution is -2.40. The maximum absolute atomic E-state index is 12.4. The first-order valence-corrected chi connectivity index (χ1v) is 7.96. The van der Waals surface area contributed by atoms with E-state index in [1.54, 1.807) is 17.0 Å². The molecule has 1 heterocycles. The number of piperidine rings is 1. The van der Waals surface area contributed by atoms with E-state index < -0.39 is 0 Å². The highest BCUT2D eigenvalue weighted by molar-refractivity contribution is 5.94. The van der Waals surface area contributed by atoms with Gasteiger partial charge in [0.15, 0.2) is 0 Å². The first-order chi connectivity index (χ1) is 11.2. The lowest BCUT2D eigenvalue weighted by Gasteiger charge is -2.29. The van der Waals surface area contributed by atoms with Crippen molar-refractivity contribution in [1.29, 1.82) is 0 Å². The normalized spacial score (nSPS) is 15.4. The van der Waals surface area contributed by atoms with Gasteiger partial charge in [-0.25, -0.2) is 0 Å². The molecule has 0 aromatic heterocycles. The van der Waals surface area contributed by atoms with E-state index in [2.05, 4.69) is 0 Å². The number of carbonyl (C=O) groups excluding carboxylic acids is 1. The van der Waals surface area contributed by atoms with Gasteiger partial charge in [0.2, 0.25) is 0 Å². The van der Waals surface area contributed by atoms with Crippen LogP contribution in [0, 0.1) is 0 Å². The monoisotopic (exact) mass is 311 g/mol. The highest BCUT2D eigenvalue weighted by Crippen LogP contribution is 2.18. The summed E-state index contributed by atoms with van der Waals surface area (Å²) in [5.41, 5.74) is 1.77. The molecule has 1 aliphatic heterocycles. The Morgan fingerprint density at radius 2 is 1.70 bits per heavy atom. The molecule has 2 aromatic rings. The summed E-state index contributed by atoms with van der Waals surface area (Å²) in [6.07, 6.45) is 1.04. The molecule has 1 fully saturated rings. The third kappa shape index (κ3) is 4.11. The summed E-state index contributed by atoms with van der Waals surface area (Å²) >= 11 is 0. The van der Waals surface area contributed by atoms with Crippen LogP contribution in [-0.4, -0.2) is 35.1 Å². The zero-order valence-corrected chi connectivity index (χ0v) is 13.0. The number of hydrogen-bond acceptors (Lipinski definition) is 3. The molecule has 0 radical (unpaired) electrons. The van der Waals surface area contributed by atoms with Crippen molar-refractivity contribution in [2.24, 2.45) is 0 Å². The van der Waals surface area contributed by atoms with Gasteiger partial charge >= 0.3 is 0 Å². The molecule has 0 aliphatic carbocycles. The van der Waals surface area contributed by atoms with Gasteiger partial charge in [0.25, 0.3) is 5.91 Å². The van der Waals surface area contributed by atoms with Crippen LogP contribution in [0.2, 0.25) is 0 Å². The molecule has 4 heteroatoms. The third-order valence-electron chi connectivity index (χ3n) is 4.10.